The van der Waals surface area contributed by atoms with Gasteiger partial charge in [0.25, 0.3) is 0 Å². The van der Waals surface area contributed by atoms with Crippen LogP contribution in [0.25, 0.3) is 0 Å². The molecule has 15 heavy (non-hydrogen) atoms. The fourth-order valence-corrected chi connectivity index (χ4v) is 3.86. The summed E-state index contributed by atoms with van der Waals surface area (Å²) in [5.74, 6) is 1.21. The molecule has 1 aliphatic carbocycles. The molecular formula is C14H20S. The van der Waals surface area contributed by atoms with Gasteiger partial charge in [0.2, 0.25) is 0 Å². The van der Waals surface area contributed by atoms with E-state index in [0.29, 0.717) is 0 Å². The topological polar surface area (TPSA) is 0 Å². The molecule has 0 bridgehead atoms. The molecule has 0 aromatic heterocycles. The Morgan fingerprint density at radius 3 is 2.33 bits per heavy atom. The fourth-order valence-electron chi connectivity index (χ4n) is 2.33. The van der Waals surface area contributed by atoms with E-state index in [2.05, 4.69) is 43.8 Å². The van der Waals surface area contributed by atoms with Crippen LogP contribution in [0.5, 0.6) is 0 Å². The van der Waals surface area contributed by atoms with Crippen LogP contribution in [0, 0.1) is 13.8 Å². The Hall–Kier alpha value is -0.430. The highest BCUT2D eigenvalue weighted by molar-refractivity contribution is 7.99. The molecular weight excluding hydrogens is 200 g/mol. The van der Waals surface area contributed by atoms with Crippen molar-refractivity contribution in [2.75, 3.05) is 0 Å². The number of thioether (sulfide) groups is 1. The van der Waals surface area contributed by atoms with Crippen LogP contribution in [0.15, 0.2) is 18.2 Å². The fraction of sp³-hybridized carbons (Fsp3) is 0.571. The van der Waals surface area contributed by atoms with E-state index in [9.17, 15) is 0 Å². The molecule has 0 N–H and O–H groups in total. The molecule has 1 aromatic rings. The predicted octanol–water partition coefficient (Wildman–Crippen LogP) is 4.48. The van der Waals surface area contributed by atoms with Crippen LogP contribution in [0.2, 0.25) is 0 Å². The van der Waals surface area contributed by atoms with Gasteiger partial charge in [-0.1, -0.05) is 31.0 Å². The minimum absolute atomic E-state index is 0.934. The van der Waals surface area contributed by atoms with Gasteiger partial charge in [-0.2, -0.15) is 11.8 Å². The Bertz CT molecular complexity index is 304. The molecule has 1 saturated carbocycles. The molecule has 0 aliphatic heterocycles. The van der Waals surface area contributed by atoms with Gasteiger partial charge in [0.05, 0.1) is 0 Å². The Labute approximate surface area is 97.5 Å². The van der Waals surface area contributed by atoms with E-state index in [-0.39, 0.29) is 0 Å². The van der Waals surface area contributed by atoms with Crippen molar-refractivity contribution in [1.82, 2.24) is 0 Å². The molecule has 1 aliphatic rings. The van der Waals surface area contributed by atoms with E-state index >= 15 is 0 Å². The first kappa shape index (κ1) is 11.1. The molecule has 0 atom stereocenters. The minimum atomic E-state index is 0.934. The van der Waals surface area contributed by atoms with Crippen LogP contribution in [-0.2, 0) is 5.75 Å². The SMILES string of the molecule is Cc1cccc(C)c1CSC1CCCC1. The molecule has 82 valence electrons. The van der Waals surface area contributed by atoms with Crippen molar-refractivity contribution in [3.8, 4) is 0 Å². The maximum atomic E-state index is 2.23. The van der Waals surface area contributed by atoms with E-state index in [1.54, 1.807) is 5.56 Å². The summed E-state index contributed by atoms with van der Waals surface area (Å²) in [5, 5.41) is 0.934. The molecule has 0 radical (unpaired) electrons. The third kappa shape index (κ3) is 2.78. The van der Waals surface area contributed by atoms with Crippen molar-refractivity contribution in [2.24, 2.45) is 0 Å². The van der Waals surface area contributed by atoms with Gasteiger partial charge in [-0.3, -0.25) is 0 Å². The molecule has 1 heteroatoms. The van der Waals surface area contributed by atoms with Crippen LogP contribution in [0.4, 0.5) is 0 Å². The van der Waals surface area contributed by atoms with Gasteiger partial charge in [0, 0.05) is 11.0 Å². The van der Waals surface area contributed by atoms with Gasteiger partial charge in [-0.25, -0.2) is 0 Å². The minimum Gasteiger partial charge on any atom is -0.154 e. The predicted molar refractivity (Wildman–Crippen MR) is 69.5 cm³/mol. The van der Waals surface area contributed by atoms with Gasteiger partial charge in [-0.15, -0.1) is 0 Å². The molecule has 2 rings (SSSR count). The summed E-state index contributed by atoms with van der Waals surface area (Å²) in [5.41, 5.74) is 4.48. The normalized spacial score (nSPS) is 17.2. The van der Waals surface area contributed by atoms with E-state index in [0.717, 1.165) is 5.25 Å². The van der Waals surface area contributed by atoms with E-state index in [1.807, 2.05) is 0 Å². The Balaban J connectivity index is 1.97. The molecule has 0 unspecified atom stereocenters. The molecule has 0 heterocycles. The first-order valence-corrected chi connectivity index (χ1v) is 6.99. The standard InChI is InChI=1S/C14H20S/c1-11-6-5-7-12(2)14(11)10-15-13-8-3-4-9-13/h5-7,13H,3-4,8-10H2,1-2H3. The number of hydrogen-bond acceptors (Lipinski definition) is 1. The van der Waals surface area contributed by atoms with Crippen LogP contribution in [0.1, 0.15) is 42.4 Å². The molecule has 1 aromatic carbocycles. The number of benzene rings is 1. The summed E-state index contributed by atoms with van der Waals surface area (Å²) < 4.78 is 0. The van der Waals surface area contributed by atoms with Crippen molar-refractivity contribution in [3.63, 3.8) is 0 Å². The molecule has 0 nitrogen and oxygen atoms in total. The third-order valence-corrected chi connectivity index (χ3v) is 4.81. The second-order valence-electron chi connectivity index (χ2n) is 4.59. The second-order valence-corrected chi connectivity index (χ2v) is 5.88. The first-order valence-electron chi connectivity index (χ1n) is 5.94. The Kier molecular flexibility index (Phi) is 3.74. The summed E-state index contributed by atoms with van der Waals surface area (Å²) in [4.78, 5) is 0. The highest BCUT2D eigenvalue weighted by Crippen LogP contribution is 2.32. The van der Waals surface area contributed by atoms with Crippen molar-refractivity contribution in [1.29, 1.82) is 0 Å². The lowest BCUT2D eigenvalue weighted by Gasteiger charge is -2.12. The van der Waals surface area contributed by atoms with Crippen LogP contribution >= 0.6 is 11.8 Å². The van der Waals surface area contributed by atoms with Crippen molar-refractivity contribution < 1.29 is 0 Å². The Morgan fingerprint density at radius 2 is 1.73 bits per heavy atom. The second kappa shape index (κ2) is 5.07. The average Bonchev–Trinajstić information content (AvgIpc) is 2.70. The third-order valence-electron chi connectivity index (χ3n) is 3.41. The summed E-state index contributed by atoms with van der Waals surface area (Å²) in [6.45, 7) is 4.47. The van der Waals surface area contributed by atoms with Crippen LogP contribution < -0.4 is 0 Å². The van der Waals surface area contributed by atoms with E-state index in [4.69, 9.17) is 0 Å². The molecule has 0 spiro atoms. The summed E-state index contributed by atoms with van der Waals surface area (Å²) in [6.07, 6.45) is 5.78. The number of rotatable bonds is 3. The summed E-state index contributed by atoms with van der Waals surface area (Å²) in [6, 6.07) is 6.63. The average molecular weight is 220 g/mol. The monoisotopic (exact) mass is 220 g/mol. The zero-order valence-electron chi connectivity index (χ0n) is 9.75. The van der Waals surface area contributed by atoms with Gasteiger partial charge >= 0.3 is 0 Å². The maximum absolute atomic E-state index is 2.23. The number of aryl methyl sites for hydroxylation is 2. The van der Waals surface area contributed by atoms with Gasteiger partial charge in [-0.05, 0) is 43.4 Å². The molecule has 0 amide bonds. The molecule has 0 saturated heterocycles. The first-order chi connectivity index (χ1) is 7.27. The lowest BCUT2D eigenvalue weighted by molar-refractivity contribution is 0.886. The quantitative estimate of drug-likeness (QED) is 0.723. The van der Waals surface area contributed by atoms with E-state index < -0.39 is 0 Å². The zero-order valence-corrected chi connectivity index (χ0v) is 10.6. The number of hydrogen-bond donors (Lipinski definition) is 0. The largest absolute Gasteiger partial charge is 0.154 e. The lowest BCUT2D eigenvalue weighted by atomic mass is 10.1. The summed E-state index contributed by atoms with van der Waals surface area (Å²) in [7, 11) is 0. The molecule has 1 fully saturated rings. The lowest BCUT2D eigenvalue weighted by Crippen LogP contribution is -1.97. The van der Waals surface area contributed by atoms with Crippen molar-refractivity contribution >= 4 is 11.8 Å². The van der Waals surface area contributed by atoms with Gasteiger partial charge < -0.3 is 0 Å². The van der Waals surface area contributed by atoms with Gasteiger partial charge in [0.1, 0.15) is 0 Å². The van der Waals surface area contributed by atoms with E-state index in [1.165, 1.54) is 42.6 Å². The maximum Gasteiger partial charge on any atom is 0.0192 e. The zero-order chi connectivity index (χ0) is 10.7. The van der Waals surface area contributed by atoms with Crippen molar-refractivity contribution in [3.05, 3.63) is 34.9 Å². The summed E-state index contributed by atoms with van der Waals surface area (Å²) >= 11 is 2.17. The highest BCUT2D eigenvalue weighted by Gasteiger charge is 2.15. The van der Waals surface area contributed by atoms with Gasteiger partial charge in [0.15, 0.2) is 0 Å². The smallest absolute Gasteiger partial charge is 0.0192 e. The highest BCUT2D eigenvalue weighted by atomic mass is 32.2. The Morgan fingerprint density at radius 1 is 1.13 bits per heavy atom. The van der Waals surface area contributed by atoms with Crippen molar-refractivity contribution in [2.45, 2.75) is 50.5 Å². The van der Waals surface area contributed by atoms with Crippen LogP contribution in [0.3, 0.4) is 0 Å². The van der Waals surface area contributed by atoms with Crippen LogP contribution in [-0.4, -0.2) is 5.25 Å².